The Balaban J connectivity index is 1.78. The van der Waals surface area contributed by atoms with Crippen molar-refractivity contribution in [3.8, 4) is 0 Å². The molecule has 2 aromatic heterocycles. The van der Waals surface area contributed by atoms with E-state index in [1.165, 1.54) is 18.2 Å². The molecule has 0 aliphatic heterocycles. The van der Waals surface area contributed by atoms with E-state index in [1.54, 1.807) is 17.9 Å². The molecule has 24 heavy (non-hydrogen) atoms. The third kappa shape index (κ3) is 2.97. The third-order valence-electron chi connectivity index (χ3n) is 3.79. The number of aromatic amines is 1. The van der Waals surface area contributed by atoms with Gasteiger partial charge in [0.15, 0.2) is 0 Å². The minimum absolute atomic E-state index is 0.155. The lowest BCUT2D eigenvalue weighted by atomic mass is 10.2. The molecule has 9 heteroatoms. The molecule has 0 saturated heterocycles. The molecule has 0 bridgehead atoms. The van der Waals surface area contributed by atoms with Crippen LogP contribution in [0.1, 0.15) is 27.4 Å². The van der Waals surface area contributed by atoms with Gasteiger partial charge in [0.1, 0.15) is 0 Å². The number of hydrogen-bond acceptors (Lipinski definition) is 3. The van der Waals surface area contributed by atoms with Crippen molar-refractivity contribution in [2.24, 2.45) is 7.05 Å². The van der Waals surface area contributed by atoms with E-state index in [4.69, 9.17) is 0 Å². The summed E-state index contributed by atoms with van der Waals surface area (Å²) in [5, 5.41) is 6.80. The fourth-order valence-corrected chi connectivity index (χ4v) is 2.28. The molecule has 126 valence electrons. The summed E-state index contributed by atoms with van der Waals surface area (Å²) in [5.74, 6) is -1.47. The van der Waals surface area contributed by atoms with Gasteiger partial charge >= 0.3 is 6.18 Å². The first-order valence-electron chi connectivity index (χ1n) is 7.08. The van der Waals surface area contributed by atoms with Crippen LogP contribution in [-0.2, 0) is 19.8 Å². The minimum atomic E-state index is -4.56. The van der Waals surface area contributed by atoms with Crippen molar-refractivity contribution < 1.29 is 18.0 Å². The number of alkyl halides is 3. The molecule has 2 N–H and O–H groups in total. The molecular weight excluding hydrogens is 323 g/mol. The van der Waals surface area contributed by atoms with Crippen LogP contribution in [0.3, 0.4) is 0 Å². The zero-order valence-electron chi connectivity index (χ0n) is 12.9. The van der Waals surface area contributed by atoms with Crippen LogP contribution >= 0.6 is 0 Å². The number of carbonyl (C=O) groups is 1. The van der Waals surface area contributed by atoms with Gasteiger partial charge in [-0.25, -0.2) is 4.98 Å². The van der Waals surface area contributed by atoms with E-state index in [0.29, 0.717) is 0 Å². The number of benzene rings is 1. The fraction of sp³-hybridized carbons (Fsp3) is 0.267. The van der Waals surface area contributed by atoms with Crippen molar-refractivity contribution in [1.29, 1.82) is 0 Å². The Bertz CT molecular complexity index is 910. The van der Waals surface area contributed by atoms with Crippen molar-refractivity contribution in [2.45, 2.75) is 19.6 Å². The molecule has 0 saturated carbocycles. The summed E-state index contributed by atoms with van der Waals surface area (Å²) in [7, 11) is 1.80. The summed E-state index contributed by atoms with van der Waals surface area (Å²) in [5.41, 5.74) is 2.36. The number of amides is 1. The van der Waals surface area contributed by atoms with E-state index in [1.807, 2.05) is 6.92 Å². The first-order valence-corrected chi connectivity index (χ1v) is 7.08. The van der Waals surface area contributed by atoms with Gasteiger partial charge in [0.05, 0.1) is 17.2 Å². The number of rotatable bonds is 3. The highest BCUT2D eigenvalue weighted by Crippen LogP contribution is 2.28. The smallest absolute Gasteiger partial charge is 0.348 e. The molecule has 2 heterocycles. The molecule has 3 aromatic rings. The lowest BCUT2D eigenvalue weighted by Gasteiger charge is -2.05. The van der Waals surface area contributed by atoms with Crippen molar-refractivity contribution >= 4 is 16.9 Å². The lowest BCUT2D eigenvalue weighted by Crippen LogP contribution is -2.23. The number of halogens is 3. The maximum Gasteiger partial charge on any atom is 0.449 e. The predicted molar refractivity (Wildman–Crippen MR) is 80.2 cm³/mol. The summed E-state index contributed by atoms with van der Waals surface area (Å²) in [4.78, 5) is 17.8. The van der Waals surface area contributed by atoms with Crippen LogP contribution in [0.5, 0.6) is 0 Å². The maximum atomic E-state index is 12.7. The normalized spacial score (nSPS) is 11.9. The van der Waals surface area contributed by atoms with Gasteiger partial charge in [-0.1, -0.05) is 0 Å². The van der Waals surface area contributed by atoms with Gasteiger partial charge in [-0.3, -0.25) is 9.48 Å². The summed E-state index contributed by atoms with van der Waals surface area (Å²) >= 11 is 0. The van der Waals surface area contributed by atoms with Gasteiger partial charge < -0.3 is 10.3 Å². The average Bonchev–Trinajstić information content (AvgIpc) is 3.09. The van der Waals surface area contributed by atoms with Gasteiger partial charge in [0.2, 0.25) is 5.82 Å². The first-order chi connectivity index (χ1) is 11.3. The van der Waals surface area contributed by atoms with Crippen molar-refractivity contribution in [1.82, 2.24) is 25.1 Å². The number of aryl methyl sites for hydroxylation is 1. The zero-order valence-corrected chi connectivity index (χ0v) is 12.9. The van der Waals surface area contributed by atoms with E-state index < -0.39 is 12.0 Å². The molecular formula is C15H14F3N5O. The van der Waals surface area contributed by atoms with Crippen LogP contribution in [0.2, 0.25) is 0 Å². The van der Waals surface area contributed by atoms with E-state index in [2.05, 4.69) is 20.4 Å². The lowest BCUT2D eigenvalue weighted by molar-refractivity contribution is -0.144. The topological polar surface area (TPSA) is 75.6 Å². The van der Waals surface area contributed by atoms with Gasteiger partial charge in [0, 0.05) is 30.4 Å². The molecule has 0 aliphatic carbocycles. The first kappa shape index (κ1) is 16.0. The molecule has 3 rings (SSSR count). The van der Waals surface area contributed by atoms with Crippen LogP contribution < -0.4 is 5.32 Å². The number of fused-ring (bicyclic) bond motifs is 1. The molecule has 0 spiro atoms. The Morgan fingerprint density at radius 1 is 1.38 bits per heavy atom. The van der Waals surface area contributed by atoms with Crippen molar-refractivity contribution in [2.75, 3.05) is 0 Å². The summed E-state index contributed by atoms with van der Waals surface area (Å²) < 4.78 is 39.6. The molecule has 0 atom stereocenters. The Morgan fingerprint density at radius 2 is 2.12 bits per heavy atom. The summed E-state index contributed by atoms with van der Waals surface area (Å²) in [6.07, 6.45) is -2.90. The van der Waals surface area contributed by atoms with Crippen LogP contribution in [0.25, 0.3) is 11.0 Å². The molecule has 1 amide bonds. The van der Waals surface area contributed by atoms with Crippen molar-refractivity contribution in [3.05, 3.63) is 47.0 Å². The second kappa shape index (κ2) is 5.66. The molecule has 0 radical (unpaired) electrons. The standard InChI is InChI=1S/C15H14F3N5O/c1-8-10(7-20-23(8)2)6-19-13(24)9-3-4-11-12(5-9)22-14(21-11)15(16,17)18/h3-5,7H,6H2,1-2H3,(H,19,24)(H,21,22). The number of H-pyrrole nitrogens is 1. The number of nitrogens with one attached hydrogen (secondary N) is 2. The SMILES string of the molecule is Cc1c(CNC(=O)c2ccc3nc(C(F)(F)F)[nH]c3c2)cnn1C. The van der Waals surface area contributed by atoms with Crippen molar-refractivity contribution in [3.63, 3.8) is 0 Å². The van der Waals surface area contributed by atoms with Gasteiger partial charge in [-0.2, -0.15) is 18.3 Å². The second-order valence-corrected chi connectivity index (χ2v) is 5.38. The molecule has 0 fully saturated rings. The number of aromatic nitrogens is 4. The average molecular weight is 337 g/mol. The Hall–Kier alpha value is -2.84. The van der Waals surface area contributed by atoms with Gasteiger partial charge in [-0.15, -0.1) is 0 Å². The van der Waals surface area contributed by atoms with E-state index in [0.717, 1.165) is 11.3 Å². The molecule has 0 aliphatic rings. The van der Waals surface area contributed by atoms with Crippen LogP contribution in [-0.4, -0.2) is 25.7 Å². The number of imidazole rings is 1. The highest BCUT2D eigenvalue weighted by atomic mass is 19.4. The van der Waals surface area contributed by atoms with Crippen LogP contribution in [0.15, 0.2) is 24.4 Å². The van der Waals surface area contributed by atoms with E-state index in [9.17, 15) is 18.0 Å². The largest absolute Gasteiger partial charge is 0.449 e. The molecule has 6 nitrogen and oxygen atoms in total. The number of hydrogen-bond donors (Lipinski definition) is 2. The third-order valence-corrected chi connectivity index (χ3v) is 3.79. The molecule has 0 unspecified atom stereocenters. The summed E-state index contributed by atoms with van der Waals surface area (Å²) in [6, 6.07) is 4.17. The van der Waals surface area contributed by atoms with E-state index >= 15 is 0 Å². The monoisotopic (exact) mass is 337 g/mol. The Kier molecular flexibility index (Phi) is 3.78. The zero-order chi connectivity index (χ0) is 17.5. The quantitative estimate of drug-likeness (QED) is 0.771. The minimum Gasteiger partial charge on any atom is -0.348 e. The van der Waals surface area contributed by atoms with Crippen LogP contribution in [0, 0.1) is 6.92 Å². The Morgan fingerprint density at radius 3 is 2.75 bits per heavy atom. The summed E-state index contributed by atoms with van der Waals surface area (Å²) in [6.45, 7) is 2.16. The van der Waals surface area contributed by atoms with Gasteiger partial charge in [0.25, 0.3) is 5.91 Å². The number of carbonyl (C=O) groups excluding carboxylic acids is 1. The van der Waals surface area contributed by atoms with E-state index in [-0.39, 0.29) is 29.0 Å². The number of nitrogens with zero attached hydrogens (tertiary/aromatic N) is 3. The highest BCUT2D eigenvalue weighted by Gasteiger charge is 2.34. The predicted octanol–water partition coefficient (Wildman–Crippen LogP) is 2.55. The van der Waals surface area contributed by atoms with Gasteiger partial charge in [-0.05, 0) is 25.1 Å². The maximum absolute atomic E-state index is 12.7. The highest BCUT2D eigenvalue weighted by molar-refractivity contribution is 5.97. The second-order valence-electron chi connectivity index (χ2n) is 5.38. The molecule has 1 aromatic carbocycles. The van der Waals surface area contributed by atoms with Crippen LogP contribution in [0.4, 0.5) is 13.2 Å². The fourth-order valence-electron chi connectivity index (χ4n) is 2.28. The Labute approximate surface area is 134 Å².